The summed E-state index contributed by atoms with van der Waals surface area (Å²) in [7, 11) is 0. The first-order valence-electron chi connectivity index (χ1n) is 4.50. The Morgan fingerprint density at radius 2 is 1.94 bits per heavy atom. The van der Waals surface area contributed by atoms with Gasteiger partial charge in [0.2, 0.25) is 5.91 Å². The van der Waals surface area contributed by atoms with Crippen LogP contribution in [0, 0.1) is 0 Å². The van der Waals surface area contributed by atoms with Gasteiger partial charge in [0.05, 0.1) is 11.1 Å². The van der Waals surface area contributed by atoms with Crippen LogP contribution >= 0.6 is 0 Å². The van der Waals surface area contributed by atoms with Crippen LogP contribution < -0.4 is 5.73 Å². The predicted molar refractivity (Wildman–Crippen MR) is 50.2 cm³/mol. The number of nitrogens with two attached hydrogens (primary N) is 1. The molecule has 5 nitrogen and oxygen atoms in total. The minimum atomic E-state index is -4.74. The molecule has 1 amide bonds. The number of carboxylic acids is 1. The second kappa shape index (κ2) is 4.48. The van der Waals surface area contributed by atoms with E-state index in [4.69, 9.17) is 10.8 Å². The van der Waals surface area contributed by atoms with E-state index in [2.05, 4.69) is 0 Å². The monoisotopic (exact) mass is 250 g/mol. The number of hydrogen-bond acceptors (Lipinski definition) is 2. The van der Waals surface area contributed by atoms with E-state index >= 15 is 0 Å². The number of amides is 1. The molecule has 0 unspecified atom stereocenters. The molecule has 3 N–H and O–H groups in total. The van der Waals surface area contributed by atoms with Crippen LogP contribution in [0.3, 0.4) is 0 Å². The Bertz CT molecular complexity index is 451. The van der Waals surface area contributed by atoms with Crippen molar-refractivity contribution in [3.63, 3.8) is 0 Å². The summed E-state index contributed by atoms with van der Waals surface area (Å²) < 4.78 is 38.3. The third-order valence-electron chi connectivity index (χ3n) is 2.03. The number of halogens is 3. The summed E-state index contributed by atoms with van der Waals surface area (Å²) in [6, 6.07) is 0. The molecule has 0 saturated heterocycles. The van der Waals surface area contributed by atoms with Crippen LogP contribution in [0.4, 0.5) is 13.2 Å². The highest BCUT2D eigenvalue weighted by Gasteiger charge is 2.36. The quantitative estimate of drug-likeness (QED) is 0.838. The van der Waals surface area contributed by atoms with Gasteiger partial charge in [0.1, 0.15) is 0 Å². The molecule has 0 aromatic carbocycles. The summed E-state index contributed by atoms with van der Waals surface area (Å²) in [5.74, 6) is -2.35. The molecule has 1 rings (SSSR count). The summed E-state index contributed by atoms with van der Waals surface area (Å²) >= 11 is 0. The van der Waals surface area contributed by atoms with Gasteiger partial charge in [0.25, 0.3) is 0 Å². The second-order valence-corrected chi connectivity index (χ2v) is 3.34. The van der Waals surface area contributed by atoms with Crippen molar-refractivity contribution in [2.75, 3.05) is 0 Å². The zero-order chi connectivity index (χ0) is 13.2. The number of carbonyl (C=O) groups excluding carboxylic acids is 1. The summed E-state index contributed by atoms with van der Waals surface area (Å²) in [5.41, 5.74) is 2.75. The van der Waals surface area contributed by atoms with Gasteiger partial charge in [-0.25, -0.2) is 4.79 Å². The molecule has 1 heterocycles. The van der Waals surface area contributed by atoms with Crippen LogP contribution in [0.15, 0.2) is 12.4 Å². The first-order chi connectivity index (χ1) is 7.71. The number of rotatable bonds is 4. The van der Waals surface area contributed by atoms with Crippen molar-refractivity contribution in [2.24, 2.45) is 5.73 Å². The van der Waals surface area contributed by atoms with Crippen molar-refractivity contribution in [3.05, 3.63) is 23.5 Å². The molecule has 0 fully saturated rings. The molecular formula is C9H9F3N2O3. The topological polar surface area (TPSA) is 85.3 Å². The van der Waals surface area contributed by atoms with E-state index in [1.165, 1.54) is 0 Å². The highest BCUT2D eigenvalue weighted by atomic mass is 19.4. The summed E-state index contributed by atoms with van der Waals surface area (Å²) in [5, 5.41) is 8.61. The van der Waals surface area contributed by atoms with Crippen LogP contribution in [-0.4, -0.2) is 21.6 Å². The lowest BCUT2D eigenvalue weighted by atomic mass is 10.2. The molecule has 0 saturated carbocycles. The molecule has 0 aliphatic carbocycles. The van der Waals surface area contributed by atoms with Crippen molar-refractivity contribution >= 4 is 11.9 Å². The minimum Gasteiger partial charge on any atom is -0.478 e. The number of carbonyl (C=O) groups is 2. The average Bonchev–Trinajstić information content (AvgIpc) is 2.57. The molecule has 1 aromatic rings. The van der Waals surface area contributed by atoms with E-state index < -0.39 is 29.2 Å². The lowest BCUT2D eigenvalue weighted by Crippen LogP contribution is -2.13. The van der Waals surface area contributed by atoms with Gasteiger partial charge in [-0.2, -0.15) is 13.2 Å². The SMILES string of the molecule is NC(=O)CCn1cc(C(=O)O)c(C(F)(F)F)c1. The number of hydrogen-bond donors (Lipinski definition) is 2. The standard InChI is InChI=1S/C9H9F3N2O3/c10-9(11,12)6-4-14(2-1-7(13)15)3-5(6)8(16)17/h3-4H,1-2H2,(H2,13,15)(H,16,17). The van der Waals surface area contributed by atoms with E-state index in [-0.39, 0.29) is 13.0 Å². The van der Waals surface area contributed by atoms with E-state index in [1.807, 2.05) is 0 Å². The Morgan fingerprint density at radius 3 is 2.29 bits per heavy atom. The Morgan fingerprint density at radius 1 is 1.35 bits per heavy atom. The Hall–Kier alpha value is -1.99. The smallest absolute Gasteiger partial charge is 0.418 e. The van der Waals surface area contributed by atoms with Gasteiger partial charge in [-0.3, -0.25) is 4.79 Å². The molecule has 0 spiro atoms. The van der Waals surface area contributed by atoms with Crippen molar-refractivity contribution in [1.82, 2.24) is 4.57 Å². The first-order valence-corrected chi connectivity index (χ1v) is 4.50. The van der Waals surface area contributed by atoms with Gasteiger partial charge in [0.15, 0.2) is 0 Å². The summed E-state index contributed by atoms with van der Waals surface area (Å²) in [6.07, 6.45) is -3.43. The van der Waals surface area contributed by atoms with Crippen molar-refractivity contribution in [2.45, 2.75) is 19.1 Å². The lowest BCUT2D eigenvalue weighted by Gasteiger charge is -2.04. The third-order valence-corrected chi connectivity index (χ3v) is 2.03. The predicted octanol–water partition coefficient (Wildman–Crippen LogP) is 1.08. The third kappa shape index (κ3) is 3.23. The summed E-state index contributed by atoms with van der Waals surface area (Å²) in [4.78, 5) is 21.1. The molecular weight excluding hydrogens is 241 g/mol. The minimum absolute atomic E-state index is 0.0916. The highest BCUT2D eigenvalue weighted by molar-refractivity contribution is 5.89. The Balaban J connectivity index is 3.04. The number of aromatic nitrogens is 1. The van der Waals surface area contributed by atoms with Crippen LogP contribution in [0.1, 0.15) is 22.3 Å². The van der Waals surface area contributed by atoms with Crippen LogP contribution in [0.5, 0.6) is 0 Å². The largest absolute Gasteiger partial charge is 0.478 e. The maximum Gasteiger partial charge on any atom is 0.418 e. The number of carboxylic acid groups (broad SMARTS) is 1. The molecule has 0 atom stereocenters. The fraction of sp³-hybridized carbons (Fsp3) is 0.333. The van der Waals surface area contributed by atoms with Gasteiger partial charge in [-0.15, -0.1) is 0 Å². The van der Waals surface area contributed by atoms with E-state index in [0.29, 0.717) is 6.20 Å². The maximum atomic E-state index is 12.5. The first kappa shape index (κ1) is 13.1. The Labute approximate surface area is 93.6 Å². The molecule has 8 heteroatoms. The van der Waals surface area contributed by atoms with Gasteiger partial charge >= 0.3 is 12.1 Å². The molecule has 0 aliphatic rings. The van der Waals surface area contributed by atoms with Crippen LogP contribution in [0.25, 0.3) is 0 Å². The maximum absolute atomic E-state index is 12.5. The van der Waals surface area contributed by atoms with Crippen molar-refractivity contribution in [1.29, 1.82) is 0 Å². The van der Waals surface area contributed by atoms with Gasteiger partial charge in [-0.05, 0) is 0 Å². The molecule has 0 bridgehead atoms. The lowest BCUT2D eigenvalue weighted by molar-refractivity contribution is -0.138. The Kier molecular flexibility index (Phi) is 3.45. The molecule has 17 heavy (non-hydrogen) atoms. The fourth-order valence-electron chi connectivity index (χ4n) is 1.27. The van der Waals surface area contributed by atoms with Crippen molar-refractivity contribution < 1.29 is 27.9 Å². The molecule has 94 valence electrons. The number of aryl methyl sites for hydroxylation is 1. The number of aromatic carboxylic acids is 1. The summed E-state index contributed by atoms with van der Waals surface area (Å²) in [6.45, 7) is -0.0916. The molecule has 1 aromatic heterocycles. The van der Waals surface area contributed by atoms with E-state index in [1.54, 1.807) is 0 Å². The highest BCUT2D eigenvalue weighted by Crippen LogP contribution is 2.32. The van der Waals surface area contributed by atoms with Gasteiger partial charge in [-0.1, -0.05) is 0 Å². The zero-order valence-corrected chi connectivity index (χ0v) is 8.49. The van der Waals surface area contributed by atoms with Crippen LogP contribution in [-0.2, 0) is 17.5 Å². The molecule has 0 aliphatic heterocycles. The average molecular weight is 250 g/mol. The number of alkyl halides is 3. The zero-order valence-electron chi connectivity index (χ0n) is 8.49. The van der Waals surface area contributed by atoms with Crippen molar-refractivity contribution in [3.8, 4) is 0 Å². The fourth-order valence-corrected chi connectivity index (χ4v) is 1.27. The van der Waals surface area contributed by atoms with E-state index in [9.17, 15) is 22.8 Å². The van der Waals surface area contributed by atoms with E-state index in [0.717, 1.165) is 10.8 Å². The normalized spacial score (nSPS) is 11.5. The van der Waals surface area contributed by atoms with Gasteiger partial charge < -0.3 is 15.4 Å². The van der Waals surface area contributed by atoms with Crippen LogP contribution in [0.2, 0.25) is 0 Å². The van der Waals surface area contributed by atoms with Gasteiger partial charge in [0, 0.05) is 25.4 Å². The second-order valence-electron chi connectivity index (χ2n) is 3.34. The number of primary amides is 1. The number of nitrogens with zero attached hydrogens (tertiary/aromatic N) is 1. The molecule has 0 radical (unpaired) electrons.